The Balaban J connectivity index is 2.06. The van der Waals surface area contributed by atoms with E-state index >= 15 is 0 Å². The van der Waals surface area contributed by atoms with E-state index in [0.717, 1.165) is 47.6 Å². The largest absolute Gasteiger partial charge is 0.441 e. The summed E-state index contributed by atoms with van der Waals surface area (Å²) >= 11 is 5.84. The Morgan fingerprint density at radius 1 is 1.37 bits per heavy atom. The van der Waals surface area contributed by atoms with Crippen LogP contribution in [0.5, 0.6) is 0 Å². The number of hydrogen-bond donors (Lipinski definition) is 1. The fraction of sp³-hybridized carbons (Fsp3) is 0.357. The fourth-order valence-electron chi connectivity index (χ4n) is 1.73. The van der Waals surface area contributed by atoms with Crippen LogP contribution in [0.4, 0.5) is 0 Å². The highest BCUT2D eigenvalue weighted by atomic mass is 127. The predicted octanol–water partition coefficient (Wildman–Crippen LogP) is 4.25. The average molecular weight is 435 g/mol. The van der Waals surface area contributed by atoms with Crippen molar-refractivity contribution in [3.05, 3.63) is 38.3 Å². The monoisotopic (exact) mass is 434 g/mol. The number of nitrogens with one attached hydrogen (secondary N) is 1. The lowest BCUT2D eigenvalue weighted by molar-refractivity contribution is 0.495. The molecule has 0 aliphatic rings. The van der Waals surface area contributed by atoms with Gasteiger partial charge in [0, 0.05) is 26.6 Å². The van der Waals surface area contributed by atoms with Crippen LogP contribution in [0.25, 0.3) is 11.3 Å². The number of nitrogens with zero attached hydrogens (tertiary/aromatic N) is 1. The topological polar surface area (TPSA) is 38.1 Å². The quantitative estimate of drug-likeness (QED) is 0.545. The molecule has 0 atom stereocenters. The molecule has 102 valence electrons. The van der Waals surface area contributed by atoms with Crippen LogP contribution in [0.2, 0.25) is 0 Å². The Morgan fingerprint density at radius 2 is 2.21 bits per heavy atom. The van der Waals surface area contributed by atoms with Crippen molar-refractivity contribution in [2.45, 2.75) is 19.8 Å². The summed E-state index contributed by atoms with van der Waals surface area (Å²) in [5.41, 5.74) is 1.05. The molecule has 0 saturated heterocycles. The molecule has 3 nitrogen and oxygen atoms in total. The van der Waals surface area contributed by atoms with Gasteiger partial charge in [0.2, 0.25) is 0 Å². The Kier molecular flexibility index (Phi) is 5.84. The first-order valence-electron chi connectivity index (χ1n) is 6.31. The van der Waals surface area contributed by atoms with Crippen molar-refractivity contribution in [3.8, 4) is 11.3 Å². The second kappa shape index (κ2) is 7.40. The van der Waals surface area contributed by atoms with Gasteiger partial charge in [-0.1, -0.05) is 22.9 Å². The number of rotatable bonds is 6. The normalized spacial score (nSPS) is 10.9. The Hall–Kier alpha value is -0.400. The maximum Gasteiger partial charge on any atom is 0.196 e. The lowest BCUT2D eigenvalue weighted by Crippen LogP contribution is -2.17. The van der Waals surface area contributed by atoms with Gasteiger partial charge in [-0.2, -0.15) is 0 Å². The van der Waals surface area contributed by atoms with Crippen LogP contribution in [0.1, 0.15) is 19.2 Å². The molecule has 0 fully saturated rings. The molecule has 1 N–H and O–H groups in total. The zero-order valence-corrected chi connectivity index (χ0v) is 14.5. The van der Waals surface area contributed by atoms with E-state index in [1.54, 1.807) is 6.20 Å². The molecule has 0 unspecified atom stereocenters. The molecule has 19 heavy (non-hydrogen) atoms. The van der Waals surface area contributed by atoms with Crippen molar-refractivity contribution in [2.24, 2.45) is 0 Å². The van der Waals surface area contributed by atoms with Gasteiger partial charge < -0.3 is 9.73 Å². The summed E-state index contributed by atoms with van der Waals surface area (Å²) in [4.78, 5) is 4.33. The zero-order chi connectivity index (χ0) is 13.7. The summed E-state index contributed by atoms with van der Waals surface area (Å²) in [5, 5.41) is 3.34. The van der Waals surface area contributed by atoms with E-state index in [0.29, 0.717) is 0 Å². The number of benzene rings is 1. The lowest BCUT2D eigenvalue weighted by Gasteiger charge is -2.02. The molecular formula is C14H16BrIN2O. The van der Waals surface area contributed by atoms with Gasteiger partial charge in [0.15, 0.2) is 11.7 Å². The van der Waals surface area contributed by atoms with Crippen LogP contribution in [0.3, 0.4) is 0 Å². The van der Waals surface area contributed by atoms with Crippen LogP contribution in [0, 0.1) is 3.57 Å². The lowest BCUT2D eigenvalue weighted by atomic mass is 10.2. The molecule has 0 aliphatic heterocycles. The van der Waals surface area contributed by atoms with Gasteiger partial charge in [0.1, 0.15) is 0 Å². The van der Waals surface area contributed by atoms with Crippen LogP contribution in [-0.4, -0.2) is 18.1 Å². The van der Waals surface area contributed by atoms with Gasteiger partial charge in [0.25, 0.3) is 0 Å². The predicted molar refractivity (Wildman–Crippen MR) is 89.2 cm³/mol. The van der Waals surface area contributed by atoms with Crippen LogP contribution >= 0.6 is 38.5 Å². The summed E-state index contributed by atoms with van der Waals surface area (Å²) in [6, 6.07) is 6.17. The first-order valence-corrected chi connectivity index (χ1v) is 8.18. The second-order valence-electron chi connectivity index (χ2n) is 4.24. The maximum absolute atomic E-state index is 5.80. The molecule has 2 aromatic rings. The van der Waals surface area contributed by atoms with Crippen molar-refractivity contribution in [2.75, 3.05) is 13.1 Å². The highest BCUT2D eigenvalue weighted by molar-refractivity contribution is 14.1. The third-order valence-electron chi connectivity index (χ3n) is 2.69. The van der Waals surface area contributed by atoms with Gasteiger partial charge >= 0.3 is 0 Å². The molecule has 0 bridgehead atoms. The van der Waals surface area contributed by atoms with Crippen LogP contribution < -0.4 is 5.32 Å². The molecule has 0 radical (unpaired) electrons. The van der Waals surface area contributed by atoms with Gasteiger partial charge in [-0.25, -0.2) is 4.98 Å². The minimum atomic E-state index is 0.782. The highest BCUT2D eigenvalue weighted by Crippen LogP contribution is 2.30. The van der Waals surface area contributed by atoms with Gasteiger partial charge in [-0.05, 0) is 53.8 Å². The molecule has 0 saturated carbocycles. The van der Waals surface area contributed by atoms with E-state index in [-0.39, 0.29) is 0 Å². The van der Waals surface area contributed by atoms with Crippen molar-refractivity contribution in [1.82, 2.24) is 10.3 Å². The van der Waals surface area contributed by atoms with E-state index in [4.69, 9.17) is 4.42 Å². The SMILES string of the molecule is CCCNCCc1ncc(-c2cc(I)ccc2Br)o1. The van der Waals surface area contributed by atoms with Crippen molar-refractivity contribution < 1.29 is 4.42 Å². The summed E-state index contributed by atoms with van der Waals surface area (Å²) in [5.74, 6) is 1.60. The number of halogens is 2. The minimum Gasteiger partial charge on any atom is -0.441 e. The molecule has 1 heterocycles. The van der Waals surface area contributed by atoms with Crippen molar-refractivity contribution in [3.63, 3.8) is 0 Å². The second-order valence-corrected chi connectivity index (χ2v) is 6.34. The highest BCUT2D eigenvalue weighted by Gasteiger charge is 2.10. The van der Waals surface area contributed by atoms with Gasteiger partial charge in [-0.15, -0.1) is 0 Å². The summed E-state index contributed by atoms with van der Waals surface area (Å²) in [7, 11) is 0. The molecule has 0 spiro atoms. The summed E-state index contributed by atoms with van der Waals surface area (Å²) in [6.07, 6.45) is 3.76. The first kappa shape index (κ1) is 15.0. The van der Waals surface area contributed by atoms with Crippen molar-refractivity contribution in [1.29, 1.82) is 0 Å². The zero-order valence-electron chi connectivity index (χ0n) is 10.7. The number of hydrogen-bond acceptors (Lipinski definition) is 3. The van der Waals surface area contributed by atoms with Crippen LogP contribution in [-0.2, 0) is 6.42 Å². The van der Waals surface area contributed by atoms with E-state index < -0.39 is 0 Å². The van der Waals surface area contributed by atoms with Crippen LogP contribution in [0.15, 0.2) is 33.3 Å². The molecular weight excluding hydrogens is 419 g/mol. The fourth-order valence-corrected chi connectivity index (χ4v) is 2.67. The Bertz CT molecular complexity index is 542. The third kappa shape index (κ3) is 4.29. The molecule has 2 rings (SSSR count). The molecule has 1 aromatic heterocycles. The van der Waals surface area contributed by atoms with E-state index in [1.807, 2.05) is 6.07 Å². The first-order chi connectivity index (χ1) is 9.20. The smallest absolute Gasteiger partial charge is 0.196 e. The number of oxazole rings is 1. The molecule has 5 heteroatoms. The maximum atomic E-state index is 5.80. The van der Waals surface area contributed by atoms with E-state index in [1.165, 1.54) is 3.57 Å². The standard InChI is InChI=1S/C14H16BrIN2O/c1-2-6-17-7-5-14-18-9-13(19-14)11-8-10(16)3-4-12(11)15/h3-4,8-9,17H,2,5-7H2,1H3. The van der Waals surface area contributed by atoms with Gasteiger partial charge in [0.05, 0.1) is 6.20 Å². The average Bonchev–Trinajstić information content (AvgIpc) is 2.86. The van der Waals surface area contributed by atoms with Gasteiger partial charge in [-0.3, -0.25) is 0 Å². The van der Waals surface area contributed by atoms with Crippen molar-refractivity contribution >= 4 is 38.5 Å². The molecule has 1 aromatic carbocycles. The Morgan fingerprint density at radius 3 is 3.00 bits per heavy atom. The molecule has 0 aliphatic carbocycles. The summed E-state index contributed by atoms with van der Waals surface area (Å²) < 4.78 is 8.01. The molecule has 0 amide bonds. The minimum absolute atomic E-state index is 0.782. The Labute approximate surface area is 135 Å². The van der Waals surface area contributed by atoms with E-state index in [2.05, 4.69) is 67.9 Å². The summed E-state index contributed by atoms with van der Waals surface area (Å²) in [6.45, 7) is 4.10. The number of aromatic nitrogens is 1. The van der Waals surface area contributed by atoms with E-state index in [9.17, 15) is 0 Å². The third-order valence-corrected chi connectivity index (χ3v) is 4.05.